The van der Waals surface area contributed by atoms with Crippen LogP contribution in [0.15, 0.2) is 24.3 Å². The molecule has 0 aromatic heterocycles. The second kappa shape index (κ2) is 6.18. The number of nitrogens with one attached hydrogen (secondary N) is 1. The zero-order valence-corrected chi connectivity index (χ0v) is 10.7. The van der Waals surface area contributed by atoms with Crippen molar-refractivity contribution in [1.29, 1.82) is 0 Å². The normalized spacial score (nSPS) is 17.1. The third-order valence-electron chi connectivity index (χ3n) is 3.45. The summed E-state index contributed by atoms with van der Waals surface area (Å²) in [6.45, 7) is 3.44. The van der Waals surface area contributed by atoms with Crippen molar-refractivity contribution >= 4 is 0 Å². The molecule has 0 amide bonds. The number of hydrogen-bond donors (Lipinski definition) is 2. The molecule has 1 aromatic rings. The maximum atomic E-state index is 9.20. The molecule has 17 heavy (non-hydrogen) atoms. The Morgan fingerprint density at radius 1 is 1.35 bits per heavy atom. The van der Waals surface area contributed by atoms with Gasteiger partial charge in [0.05, 0.1) is 0 Å². The number of aliphatic hydroxyl groups is 1. The van der Waals surface area contributed by atoms with Crippen LogP contribution < -0.4 is 5.32 Å². The van der Waals surface area contributed by atoms with Gasteiger partial charge in [0.1, 0.15) is 0 Å². The van der Waals surface area contributed by atoms with Gasteiger partial charge in [-0.2, -0.15) is 0 Å². The number of hydrogen-bond acceptors (Lipinski definition) is 2. The molecule has 2 rings (SSSR count). The molecule has 0 spiro atoms. The highest BCUT2D eigenvalue weighted by molar-refractivity contribution is 5.35. The SMILES string of the molecule is CCCNC(CCO)c1ccccc1C1CC1. The third kappa shape index (κ3) is 3.30. The summed E-state index contributed by atoms with van der Waals surface area (Å²) in [7, 11) is 0. The Hall–Kier alpha value is -0.860. The summed E-state index contributed by atoms with van der Waals surface area (Å²) in [4.78, 5) is 0. The van der Waals surface area contributed by atoms with E-state index in [0.717, 1.165) is 25.3 Å². The largest absolute Gasteiger partial charge is 0.396 e. The fourth-order valence-corrected chi connectivity index (χ4v) is 2.41. The minimum atomic E-state index is 0.250. The minimum Gasteiger partial charge on any atom is -0.396 e. The van der Waals surface area contributed by atoms with Gasteiger partial charge in [0, 0.05) is 12.6 Å². The van der Waals surface area contributed by atoms with Crippen LogP contribution in [-0.2, 0) is 0 Å². The predicted octanol–water partition coefficient (Wildman–Crippen LogP) is 2.99. The lowest BCUT2D eigenvalue weighted by atomic mass is 9.95. The first-order valence-corrected chi connectivity index (χ1v) is 6.80. The van der Waals surface area contributed by atoms with Gasteiger partial charge in [-0.3, -0.25) is 0 Å². The Kier molecular flexibility index (Phi) is 4.57. The van der Waals surface area contributed by atoms with E-state index < -0.39 is 0 Å². The van der Waals surface area contributed by atoms with Crippen LogP contribution in [0.1, 0.15) is 55.7 Å². The average molecular weight is 233 g/mol. The van der Waals surface area contributed by atoms with Crippen molar-refractivity contribution in [2.75, 3.05) is 13.2 Å². The van der Waals surface area contributed by atoms with Gasteiger partial charge in [-0.25, -0.2) is 0 Å². The van der Waals surface area contributed by atoms with Crippen LogP contribution in [0.4, 0.5) is 0 Å². The molecule has 2 heteroatoms. The fourth-order valence-electron chi connectivity index (χ4n) is 2.41. The third-order valence-corrected chi connectivity index (χ3v) is 3.45. The van der Waals surface area contributed by atoms with Crippen molar-refractivity contribution < 1.29 is 5.11 Å². The van der Waals surface area contributed by atoms with Crippen LogP contribution in [-0.4, -0.2) is 18.3 Å². The smallest absolute Gasteiger partial charge is 0.0449 e. The van der Waals surface area contributed by atoms with Crippen molar-refractivity contribution in [3.63, 3.8) is 0 Å². The van der Waals surface area contributed by atoms with Gasteiger partial charge in [-0.1, -0.05) is 31.2 Å². The second-order valence-electron chi connectivity index (χ2n) is 4.92. The van der Waals surface area contributed by atoms with E-state index in [1.807, 2.05) is 0 Å². The molecule has 0 heterocycles. The van der Waals surface area contributed by atoms with Gasteiger partial charge in [0.25, 0.3) is 0 Å². The summed E-state index contributed by atoms with van der Waals surface area (Å²) in [5.41, 5.74) is 2.90. The predicted molar refractivity (Wildman–Crippen MR) is 71.2 cm³/mol. The van der Waals surface area contributed by atoms with Crippen LogP contribution in [0, 0.1) is 0 Å². The molecular formula is C15H23NO. The van der Waals surface area contributed by atoms with Crippen LogP contribution >= 0.6 is 0 Å². The molecule has 2 N–H and O–H groups in total. The fraction of sp³-hybridized carbons (Fsp3) is 0.600. The topological polar surface area (TPSA) is 32.3 Å². The van der Waals surface area contributed by atoms with Gasteiger partial charge in [0.2, 0.25) is 0 Å². The number of benzene rings is 1. The highest BCUT2D eigenvalue weighted by Crippen LogP contribution is 2.43. The van der Waals surface area contributed by atoms with Gasteiger partial charge in [-0.05, 0) is 49.3 Å². The average Bonchev–Trinajstić information content (AvgIpc) is 3.19. The van der Waals surface area contributed by atoms with Crippen molar-refractivity contribution in [2.45, 2.75) is 44.6 Å². The van der Waals surface area contributed by atoms with Crippen LogP contribution in [0.3, 0.4) is 0 Å². The van der Waals surface area contributed by atoms with E-state index in [0.29, 0.717) is 6.04 Å². The Labute approximate surface area is 104 Å². The van der Waals surface area contributed by atoms with E-state index in [9.17, 15) is 5.11 Å². The number of aliphatic hydroxyl groups excluding tert-OH is 1. The zero-order valence-electron chi connectivity index (χ0n) is 10.7. The molecule has 2 nitrogen and oxygen atoms in total. The van der Waals surface area contributed by atoms with E-state index in [4.69, 9.17) is 0 Å². The molecular weight excluding hydrogens is 210 g/mol. The Balaban J connectivity index is 2.15. The van der Waals surface area contributed by atoms with Crippen LogP contribution in [0.25, 0.3) is 0 Å². The first-order chi connectivity index (χ1) is 8.36. The lowest BCUT2D eigenvalue weighted by molar-refractivity contribution is 0.265. The monoisotopic (exact) mass is 233 g/mol. The Morgan fingerprint density at radius 3 is 2.76 bits per heavy atom. The summed E-state index contributed by atoms with van der Waals surface area (Å²) in [6.07, 6.45) is 4.60. The molecule has 94 valence electrons. The maximum Gasteiger partial charge on any atom is 0.0449 e. The minimum absolute atomic E-state index is 0.250. The second-order valence-corrected chi connectivity index (χ2v) is 4.92. The molecule has 0 aliphatic heterocycles. The van der Waals surface area contributed by atoms with Gasteiger partial charge < -0.3 is 10.4 Å². The van der Waals surface area contributed by atoms with Crippen molar-refractivity contribution in [2.24, 2.45) is 0 Å². The van der Waals surface area contributed by atoms with E-state index in [1.54, 1.807) is 0 Å². The summed E-state index contributed by atoms with van der Waals surface area (Å²) in [6, 6.07) is 9.03. The lowest BCUT2D eigenvalue weighted by Gasteiger charge is -2.21. The van der Waals surface area contributed by atoms with E-state index >= 15 is 0 Å². The van der Waals surface area contributed by atoms with Crippen molar-refractivity contribution in [3.05, 3.63) is 35.4 Å². The number of rotatable bonds is 7. The van der Waals surface area contributed by atoms with Gasteiger partial charge in [-0.15, -0.1) is 0 Å². The zero-order chi connectivity index (χ0) is 12.1. The highest BCUT2D eigenvalue weighted by atomic mass is 16.3. The summed E-state index contributed by atoms with van der Waals surface area (Å²) in [5, 5.41) is 12.8. The quantitative estimate of drug-likeness (QED) is 0.759. The summed E-state index contributed by atoms with van der Waals surface area (Å²) in [5.74, 6) is 0.774. The molecule has 1 saturated carbocycles. The molecule has 1 aliphatic carbocycles. The molecule has 0 radical (unpaired) electrons. The van der Waals surface area contributed by atoms with Crippen molar-refractivity contribution in [1.82, 2.24) is 5.32 Å². The molecule has 0 bridgehead atoms. The molecule has 1 aliphatic rings. The molecule has 1 fully saturated rings. The summed E-state index contributed by atoms with van der Waals surface area (Å²) < 4.78 is 0. The highest BCUT2D eigenvalue weighted by Gasteiger charge is 2.27. The van der Waals surface area contributed by atoms with Crippen LogP contribution in [0.5, 0.6) is 0 Å². The first kappa shape index (κ1) is 12.6. The Bertz CT molecular complexity index is 347. The molecule has 1 unspecified atom stereocenters. The Morgan fingerprint density at radius 2 is 2.12 bits per heavy atom. The first-order valence-electron chi connectivity index (χ1n) is 6.80. The maximum absolute atomic E-state index is 9.20. The van der Waals surface area contributed by atoms with E-state index in [1.165, 1.54) is 24.0 Å². The molecule has 1 atom stereocenters. The molecule has 1 aromatic carbocycles. The van der Waals surface area contributed by atoms with E-state index in [-0.39, 0.29) is 6.61 Å². The van der Waals surface area contributed by atoms with Gasteiger partial charge in [0.15, 0.2) is 0 Å². The van der Waals surface area contributed by atoms with E-state index in [2.05, 4.69) is 36.5 Å². The van der Waals surface area contributed by atoms with Crippen molar-refractivity contribution in [3.8, 4) is 0 Å². The summed E-state index contributed by atoms with van der Waals surface area (Å²) >= 11 is 0. The standard InChI is InChI=1S/C15H23NO/c1-2-10-16-15(9-11-17)14-6-4-3-5-13(14)12-7-8-12/h3-6,12,15-17H,2,7-11H2,1H3. The molecule has 0 saturated heterocycles. The van der Waals surface area contributed by atoms with Crippen LogP contribution in [0.2, 0.25) is 0 Å². The lowest BCUT2D eigenvalue weighted by Crippen LogP contribution is -2.24. The van der Waals surface area contributed by atoms with Gasteiger partial charge >= 0.3 is 0 Å².